The topological polar surface area (TPSA) is 146 Å². The molecular formula is C23H16Cl2O8S. The normalized spacial score (nSPS) is 15.5. The zero-order valence-corrected chi connectivity index (χ0v) is 19.9. The van der Waals surface area contributed by atoms with Gasteiger partial charge in [-0.05, 0) is 78.1 Å². The number of hydrogen-bond acceptors (Lipinski definition) is 6. The van der Waals surface area contributed by atoms with Crippen LogP contribution in [0.15, 0.2) is 58.0 Å². The number of Topliss-reactive ketones (excluding diaryl/α,β-unsaturated/α-hetero) is 1. The van der Waals surface area contributed by atoms with E-state index in [1.807, 2.05) is 0 Å². The number of ketones is 1. The Kier molecular flexibility index (Phi) is 6.86. The number of carbonyl (C=O) groups excluding carboxylic acids is 2. The molecule has 176 valence electrons. The summed E-state index contributed by atoms with van der Waals surface area (Å²) in [7, 11) is -4.78. The van der Waals surface area contributed by atoms with Gasteiger partial charge in [0.25, 0.3) is 10.1 Å². The highest BCUT2D eigenvalue weighted by Gasteiger charge is 2.28. The summed E-state index contributed by atoms with van der Waals surface area (Å²) in [5.74, 6) is -2.51. The smallest absolute Gasteiger partial charge is 0.339 e. The third-order valence-corrected chi connectivity index (χ3v) is 6.84. The first kappa shape index (κ1) is 25.4. The first-order chi connectivity index (χ1) is 15.8. The van der Waals surface area contributed by atoms with Gasteiger partial charge in [0.15, 0.2) is 12.1 Å². The summed E-state index contributed by atoms with van der Waals surface area (Å²) < 4.78 is 33.4. The lowest BCUT2D eigenvalue weighted by molar-refractivity contribution is -0.134. The largest absolute Gasteiger partial charge is 0.507 e. The Hall–Kier alpha value is -3.24. The number of aldehydes is 1. The summed E-state index contributed by atoms with van der Waals surface area (Å²) in [5.41, 5.74) is -0.0384. The van der Waals surface area contributed by atoms with Crippen molar-refractivity contribution in [1.82, 2.24) is 0 Å². The third kappa shape index (κ3) is 4.55. The van der Waals surface area contributed by atoms with E-state index in [9.17, 15) is 37.6 Å². The van der Waals surface area contributed by atoms with Gasteiger partial charge in [-0.2, -0.15) is 8.42 Å². The molecule has 0 saturated carbocycles. The number of halogens is 2. The molecule has 3 N–H and O–H groups in total. The minimum absolute atomic E-state index is 0.0634. The molecule has 0 aromatic heterocycles. The van der Waals surface area contributed by atoms with Gasteiger partial charge in [-0.3, -0.25) is 14.1 Å². The molecule has 1 aliphatic carbocycles. The number of carboxylic acids is 1. The van der Waals surface area contributed by atoms with Gasteiger partial charge in [-0.25, -0.2) is 4.79 Å². The van der Waals surface area contributed by atoms with Crippen LogP contribution in [0.1, 0.15) is 34.0 Å². The number of hydrogen-bond donors (Lipinski definition) is 3. The molecule has 8 nitrogen and oxygen atoms in total. The molecule has 0 amide bonds. The summed E-state index contributed by atoms with van der Waals surface area (Å²) in [6.07, 6.45) is 2.83. The molecule has 0 spiro atoms. The summed E-state index contributed by atoms with van der Waals surface area (Å²) in [6, 6.07) is 4.89. The minimum atomic E-state index is -4.78. The average molecular weight is 523 g/mol. The molecule has 0 atom stereocenters. The molecule has 0 aliphatic heterocycles. The zero-order chi connectivity index (χ0) is 25.5. The third-order valence-electron chi connectivity index (χ3n) is 5.12. The predicted octanol–water partition coefficient (Wildman–Crippen LogP) is 4.41. The monoisotopic (exact) mass is 522 g/mol. The van der Waals surface area contributed by atoms with Crippen LogP contribution in [0.25, 0.3) is 5.57 Å². The second-order valence-electron chi connectivity index (χ2n) is 7.41. The van der Waals surface area contributed by atoms with Crippen LogP contribution in [-0.4, -0.2) is 41.2 Å². The Bertz CT molecular complexity index is 1480. The summed E-state index contributed by atoms with van der Waals surface area (Å²) >= 11 is 12.8. The molecule has 0 unspecified atom stereocenters. The fraction of sp³-hybridized carbons (Fsp3) is 0.0870. The Labute approximate surface area is 204 Å². The van der Waals surface area contributed by atoms with Gasteiger partial charge in [0.1, 0.15) is 16.2 Å². The van der Waals surface area contributed by atoms with Crippen LogP contribution >= 0.6 is 23.2 Å². The van der Waals surface area contributed by atoms with Crippen LogP contribution in [-0.2, 0) is 19.7 Å². The molecule has 11 heteroatoms. The molecule has 0 fully saturated rings. The average Bonchev–Trinajstić information content (AvgIpc) is 2.73. The van der Waals surface area contributed by atoms with Crippen molar-refractivity contribution in [2.45, 2.75) is 18.7 Å². The van der Waals surface area contributed by atoms with Crippen LogP contribution in [0.4, 0.5) is 0 Å². The lowest BCUT2D eigenvalue weighted by Crippen LogP contribution is -2.17. The van der Waals surface area contributed by atoms with Crippen molar-refractivity contribution in [1.29, 1.82) is 0 Å². The van der Waals surface area contributed by atoms with E-state index >= 15 is 0 Å². The molecule has 2 aromatic carbocycles. The minimum Gasteiger partial charge on any atom is -0.507 e. The SMILES string of the molecule is CC1=C/C(=C(\c2cc(C)c(O)c(C=O)c2)c2c(Cl)ccc(S(=O)(=O)O)c2Cl)C=C(C(=O)O)C1=O. The Morgan fingerprint density at radius 2 is 1.74 bits per heavy atom. The molecular weight excluding hydrogens is 507 g/mol. The fourth-order valence-electron chi connectivity index (χ4n) is 3.54. The number of carbonyl (C=O) groups is 3. The Morgan fingerprint density at radius 1 is 1.09 bits per heavy atom. The number of benzene rings is 2. The highest BCUT2D eigenvalue weighted by atomic mass is 35.5. The Balaban J connectivity index is 2.58. The van der Waals surface area contributed by atoms with Gasteiger partial charge in [0, 0.05) is 5.56 Å². The maximum Gasteiger partial charge on any atom is 0.339 e. The van der Waals surface area contributed by atoms with Crippen molar-refractivity contribution in [3.05, 3.63) is 85.4 Å². The standard InChI is InChI=1S/C23H16Cl2O8S/c1-10-5-12(7-14(9-26)21(10)27)18(13-6-11(2)22(28)15(8-13)23(29)30)19-16(24)3-4-17(20(19)25)34(31,32)33/h3-9,27H,1-2H3,(H,29,30)(H,31,32,33)/b18-13-. The number of phenols is 1. The highest BCUT2D eigenvalue weighted by molar-refractivity contribution is 7.86. The van der Waals surface area contributed by atoms with E-state index in [0.29, 0.717) is 6.29 Å². The Morgan fingerprint density at radius 3 is 2.29 bits per heavy atom. The number of allylic oxidation sites excluding steroid dienone is 4. The number of phenolic OH excluding ortho intramolecular Hbond substituents is 1. The van der Waals surface area contributed by atoms with Crippen molar-refractivity contribution >= 4 is 56.9 Å². The summed E-state index contributed by atoms with van der Waals surface area (Å²) in [4.78, 5) is 34.9. The van der Waals surface area contributed by atoms with Crippen molar-refractivity contribution in [3.8, 4) is 5.75 Å². The van der Waals surface area contributed by atoms with Gasteiger partial charge < -0.3 is 10.2 Å². The van der Waals surface area contributed by atoms with E-state index in [0.717, 1.165) is 12.1 Å². The van der Waals surface area contributed by atoms with E-state index in [-0.39, 0.29) is 49.7 Å². The first-order valence-electron chi connectivity index (χ1n) is 9.45. The van der Waals surface area contributed by atoms with Crippen LogP contribution in [0.2, 0.25) is 10.0 Å². The lowest BCUT2D eigenvalue weighted by Gasteiger charge is -2.20. The lowest BCUT2D eigenvalue weighted by atomic mass is 9.85. The fourth-order valence-corrected chi connectivity index (χ4v) is 4.96. The number of aliphatic carboxylic acids is 1. The molecule has 3 rings (SSSR count). The van der Waals surface area contributed by atoms with Crippen LogP contribution < -0.4 is 0 Å². The van der Waals surface area contributed by atoms with Crippen LogP contribution in [0.5, 0.6) is 5.75 Å². The van der Waals surface area contributed by atoms with Crippen LogP contribution in [0.3, 0.4) is 0 Å². The number of aromatic hydroxyl groups is 1. The molecule has 0 bridgehead atoms. The maximum absolute atomic E-state index is 12.3. The van der Waals surface area contributed by atoms with E-state index < -0.39 is 37.4 Å². The van der Waals surface area contributed by atoms with Gasteiger partial charge in [-0.1, -0.05) is 23.2 Å². The molecule has 0 radical (unpaired) electrons. The molecule has 0 heterocycles. The predicted molar refractivity (Wildman–Crippen MR) is 125 cm³/mol. The van der Waals surface area contributed by atoms with E-state index in [1.165, 1.54) is 38.1 Å². The summed E-state index contributed by atoms with van der Waals surface area (Å²) in [5, 5.41) is 19.2. The van der Waals surface area contributed by atoms with Gasteiger partial charge >= 0.3 is 5.97 Å². The first-order valence-corrected chi connectivity index (χ1v) is 11.6. The number of carboxylic acid groups (broad SMARTS) is 1. The highest BCUT2D eigenvalue weighted by Crippen LogP contribution is 2.43. The van der Waals surface area contributed by atoms with Crippen molar-refractivity contribution in [3.63, 3.8) is 0 Å². The van der Waals surface area contributed by atoms with Crippen molar-refractivity contribution in [2.75, 3.05) is 0 Å². The quantitative estimate of drug-likeness (QED) is 0.297. The van der Waals surface area contributed by atoms with E-state index in [4.69, 9.17) is 23.2 Å². The maximum atomic E-state index is 12.3. The summed E-state index contributed by atoms with van der Waals surface area (Å²) in [6.45, 7) is 2.91. The van der Waals surface area contributed by atoms with E-state index in [1.54, 1.807) is 0 Å². The van der Waals surface area contributed by atoms with Crippen molar-refractivity contribution in [2.24, 2.45) is 0 Å². The molecule has 34 heavy (non-hydrogen) atoms. The molecule has 2 aromatic rings. The number of rotatable bonds is 5. The second-order valence-corrected chi connectivity index (χ2v) is 9.58. The molecule has 0 saturated heterocycles. The van der Waals surface area contributed by atoms with Crippen LogP contribution in [0, 0.1) is 6.92 Å². The van der Waals surface area contributed by atoms with Gasteiger partial charge in [0.05, 0.1) is 15.6 Å². The zero-order valence-electron chi connectivity index (χ0n) is 17.6. The van der Waals surface area contributed by atoms with Gasteiger partial charge in [0.2, 0.25) is 0 Å². The second kappa shape index (κ2) is 9.19. The number of aryl methyl sites for hydroxylation is 1. The molecule has 1 aliphatic rings. The van der Waals surface area contributed by atoms with Crippen molar-refractivity contribution < 1.29 is 37.6 Å². The van der Waals surface area contributed by atoms with Gasteiger partial charge in [-0.15, -0.1) is 0 Å². The van der Waals surface area contributed by atoms with E-state index in [2.05, 4.69) is 0 Å².